The van der Waals surface area contributed by atoms with E-state index >= 15 is 0 Å². The summed E-state index contributed by atoms with van der Waals surface area (Å²) in [7, 11) is -1.56. The lowest BCUT2D eigenvalue weighted by Crippen LogP contribution is -2.54. The summed E-state index contributed by atoms with van der Waals surface area (Å²) in [6.45, 7) is 2.08. The van der Waals surface area contributed by atoms with Crippen molar-refractivity contribution >= 4 is 15.9 Å². The van der Waals surface area contributed by atoms with Crippen molar-refractivity contribution in [3.63, 3.8) is 0 Å². The third-order valence-electron chi connectivity index (χ3n) is 3.20. The standard InChI is InChI=1S/C11H23N3O4S/c1-18-9-3-4-10(12)11(15)13-5-7-14(8-6-13)19(2,16)17/h10H,3-9,12H2,1-2H3. The average molecular weight is 293 g/mol. The Kier molecular flexibility index (Phi) is 6.18. The van der Waals surface area contributed by atoms with Crippen molar-refractivity contribution in [2.24, 2.45) is 5.73 Å². The zero-order chi connectivity index (χ0) is 14.5. The Balaban J connectivity index is 2.40. The van der Waals surface area contributed by atoms with Gasteiger partial charge in [-0.15, -0.1) is 0 Å². The van der Waals surface area contributed by atoms with Crippen LogP contribution in [0, 0.1) is 0 Å². The number of methoxy groups -OCH3 is 1. The Morgan fingerprint density at radius 2 is 1.89 bits per heavy atom. The first-order valence-electron chi connectivity index (χ1n) is 6.34. The molecule has 1 unspecified atom stereocenters. The molecule has 1 atom stereocenters. The topological polar surface area (TPSA) is 92.9 Å². The van der Waals surface area contributed by atoms with Gasteiger partial charge < -0.3 is 15.4 Å². The molecule has 0 radical (unpaired) electrons. The molecule has 0 aromatic carbocycles. The number of sulfonamides is 1. The van der Waals surface area contributed by atoms with Crippen molar-refractivity contribution in [3.8, 4) is 0 Å². The number of nitrogens with two attached hydrogens (primary N) is 1. The minimum atomic E-state index is -3.17. The normalized spacial score (nSPS) is 19.4. The molecule has 1 fully saturated rings. The molecule has 1 aliphatic heterocycles. The van der Waals surface area contributed by atoms with Crippen LogP contribution in [-0.4, -0.2) is 75.7 Å². The van der Waals surface area contributed by atoms with E-state index in [0.29, 0.717) is 39.2 Å². The number of piperazine rings is 1. The van der Waals surface area contributed by atoms with Crippen LogP contribution in [0.5, 0.6) is 0 Å². The highest BCUT2D eigenvalue weighted by molar-refractivity contribution is 7.88. The van der Waals surface area contributed by atoms with Crippen LogP contribution in [0.2, 0.25) is 0 Å². The molecule has 7 nitrogen and oxygen atoms in total. The first kappa shape index (κ1) is 16.4. The molecule has 2 N–H and O–H groups in total. The van der Waals surface area contributed by atoms with Gasteiger partial charge in [0.1, 0.15) is 0 Å². The van der Waals surface area contributed by atoms with Gasteiger partial charge >= 0.3 is 0 Å². The number of carbonyl (C=O) groups is 1. The molecule has 1 aliphatic rings. The van der Waals surface area contributed by atoms with Gasteiger partial charge in [0.15, 0.2) is 0 Å². The van der Waals surface area contributed by atoms with Crippen molar-refractivity contribution in [2.45, 2.75) is 18.9 Å². The quantitative estimate of drug-likeness (QED) is 0.624. The van der Waals surface area contributed by atoms with E-state index in [0.717, 1.165) is 6.42 Å². The zero-order valence-electron chi connectivity index (χ0n) is 11.5. The number of amides is 1. The largest absolute Gasteiger partial charge is 0.385 e. The van der Waals surface area contributed by atoms with Crippen LogP contribution in [0.15, 0.2) is 0 Å². The van der Waals surface area contributed by atoms with Crippen molar-refractivity contribution < 1.29 is 17.9 Å². The molecule has 0 aliphatic carbocycles. The fraction of sp³-hybridized carbons (Fsp3) is 0.909. The Labute approximate surface area is 114 Å². The lowest BCUT2D eigenvalue weighted by Gasteiger charge is -2.34. The molecule has 0 bridgehead atoms. The summed E-state index contributed by atoms with van der Waals surface area (Å²) in [6, 6.07) is -0.528. The van der Waals surface area contributed by atoms with Gasteiger partial charge in [-0.2, -0.15) is 4.31 Å². The summed E-state index contributed by atoms with van der Waals surface area (Å²) in [4.78, 5) is 13.7. The van der Waals surface area contributed by atoms with Crippen LogP contribution < -0.4 is 5.73 Å². The van der Waals surface area contributed by atoms with Crippen molar-refractivity contribution in [2.75, 3.05) is 46.2 Å². The first-order chi connectivity index (χ1) is 8.86. The molecule has 1 amide bonds. The van der Waals surface area contributed by atoms with E-state index in [-0.39, 0.29) is 5.91 Å². The van der Waals surface area contributed by atoms with E-state index in [9.17, 15) is 13.2 Å². The number of rotatable bonds is 6. The van der Waals surface area contributed by atoms with Crippen LogP contribution in [0.25, 0.3) is 0 Å². The number of nitrogens with zero attached hydrogens (tertiary/aromatic N) is 2. The minimum Gasteiger partial charge on any atom is -0.385 e. The van der Waals surface area contributed by atoms with Crippen LogP contribution in [0.3, 0.4) is 0 Å². The predicted octanol–water partition coefficient (Wildman–Crippen LogP) is -1.16. The minimum absolute atomic E-state index is 0.107. The first-order valence-corrected chi connectivity index (χ1v) is 8.19. The number of hydrogen-bond acceptors (Lipinski definition) is 5. The van der Waals surface area contributed by atoms with Crippen molar-refractivity contribution in [3.05, 3.63) is 0 Å². The Morgan fingerprint density at radius 3 is 2.37 bits per heavy atom. The van der Waals surface area contributed by atoms with Crippen LogP contribution in [-0.2, 0) is 19.6 Å². The van der Waals surface area contributed by atoms with Crippen LogP contribution in [0.4, 0.5) is 0 Å². The summed E-state index contributed by atoms with van der Waals surface area (Å²) >= 11 is 0. The predicted molar refractivity (Wildman–Crippen MR) is 72.1 cm³/mol. The molecule has 0 aromatic rings. The van der Waals surface area contributed by atoms with Gasteiger partial charge in [0.2, 0.25) is 15.9 Å². The second kappa shape index (κ2) is 7.18. The van der Waals surface area contributed by atoms with Crippen molar-refractivity contribution in [1.29, 1.82) is 0 Å². The summed E-state index contributed by atoms with van der Waals surface area (Å²) in [5, 5.41) is 0. The second-order valence-corrected chi connectivity index (χ2v) is 6.71. The fourth-order valence-electron chi connectivity index (χ4n) is 2.05. The highest BCUT2D eigenvalue weighted by Gasteiger charge is 2.28. The maximum absolute atomic E-state index is 12.0. The molecule has 112 valence electrons. The Hall–Kier alpha value is -0.700. The van der Waals surface area contributed by atoms with Gasteiger partial charge in [-0.05, 0) is 12.8 Å². The summed E-state index contributed by atoms with van der Waals surface area (Å²) in [5.41, 5.74) is 5.83. The maximum atomic E-state index is 12.0. The summed E-state index contributed by atoms with van der Waals surface area (Å²) < 4.78 is 29.0. The van der Waals surface area contributed by atoms with Gasteiger partial charge in [0.05, 0.1) is 12.3 Å². The monoisotopic (exact) mass is 293 g/mol. The van der Waals surface area contributed by atoms with Gasteiger partial charge in [-0.3, -0.25) is 4.79 Å². The molecule has 0 spiro atoms. The average Bonchev–Trinajstić information content (AvgIpc) is 2.37. The Bertz CT molecular complexity index is 391. The maximum Gasteiger partial charge on any atom is 0.239 e. The van der Waals surface area contributed by atoms with E-state index in [1.165, 1.54) is 10.6 Å². The fourth-order valence-corrected chi connectivity index (χ4v) is 2.87. The van der Waals surface area contributed by atoms with E-state index in [2.05, 4.69) is 0 Å². The number of hydrogen-bond donors (Lipinski definition) is 1. The molecule has 0 saturated carbocycles. The summed E-state index contributed by atoms with van der Waals surface area (Å²) in [5.74, 6) is -0.107. The molecule has 1 saturated heterocycles. The lowest BCUT2D eigenvalue weighted by molar-refractivity contribution is -0.134. The van der Waals surface area contributed by atoms with Gasteiger partial charge in [-0.25, -0.2) is 8.42 Å². The molecular formula is C11H23N3O4S. The molecule has 1 rings (SSSR count). The molecule has 8 heteroatoms. The molecule has 0 aromatic heterocycles. The highest BCUT2D eigenvalue weighted by atomic mass is 32.2. The van der Waals surface area contributed by atoms with Crippen molar-refractivity contribution in [1.82, 2.24) is 9.21 Å². The smallest absolute Gasteiger partial charge is 0.239 e. The molecule has 19 heavy (non-hydrogen) atoms. The number of ether oxygens (including phenoxy) is 1. The lowest BCUT2D eigenvalue weighted by atomic mass is 10.1. The highest BCUT2D eigenvalue weighted by Crippen LogP contribution is 2.08. The molecule has 1 heterocycles. The van der Waals surface area contributed by atoms with Gasteiger partial charge in [0.25, 0.3) is 0 Å². The number of carbonyl (C=O) groups excluding carboxylic acids is 1. The van der Waals surface area contributed by atoms with Crippen LogP contribution >= 0.6 is 0 Å². The van der Waals surface area contributed by atoms with Gasteiger partial charge in [-0.1, -0.05) is 0 Å². The van der Waals surface area contributed by atoms with E-state index in [4.69, 9.17) is 10.5 Å². The van der Waals surface area contributed by atoms with E-state index in [1.807, 2.05) is 0 Å². The van der Waals surface area contributed by atoms with E-state index < -0.39 is 16.1 Å². The second-order valence-electron chi connectivity index (χ2n) is 4.73. The summed E-state index contributed by atoms with van der Waals surface area (Å²) in [6.07, 6.45) is 2.51. The van der Waals surface area contributed by atoms with Gasteiger partial charge in [0, 0.05) is 39.9 Å². The molecular weight excluding hydrogens is 270 g/mol. The third-order valence-corrected chi connectivity index (χ3v) is 4.50. The van der Waals surface area contributed by atoms with E-state index in [1.54, 1.807) is 12.0 Å². The Morgan fingerprint density at radius 1 is 1.32 bits per heavy atom. The third kappa shape index (κ3) is 5.06. The zero-order valence-corrected chi connectivity index (χ0v) is 12.4. The van der Waals surface area contributed by atoms with Crippen LogP contribution in [0.1, 0.15) is 12.8 Å². The SMILES string of the molecule is COCCCC(N)C(=O)N1CCN(S(C)(=O)=O)CC1.